The molecule has 0 aromatic heterocycles. The molecule has 1 aliphatic rings. The third-order valence-electron chi connectivity index (χ3n) is 3.99. The van der Waals surface area contributed by atoms with Gasteiger partial charge in [0.1, 0.15) is 5.75 Å². The number of allylic oxidation sites excluding steroid dienone is 2. The summed E-state index contributed by atoms with van der Waals surface area (Å²) in [5.74, 6) is 0.567. The monoisotopic (exact) mass is 339 g/mol. The second-order valence-electron chi connectivity index (χ2n) is 5.55. The van der Waals surface area contributed by atoms with E-state index in [1.54, 1.807) is 37.5 Å². The van der Waals surface area contributed by atoms with Gasteiger partial charge in [0.05, 0.1) is 12.1 Å². The number of carbonyl (C=O) groups is 1. The lowest BCUT2D eigenvalue weighted by atomic mass is 9.92. The van der Waals surface area contributed by atoms with E-state index in [4.69, 9.17) is 16.3 Å². The normalized spacial score (nSPS) is 13.8. The van der Waals surface area contributed by atoms with Crippen molar-refractivity contribution in [2.24, 2.45) is 0 Å². The summed E-state index contributed by atoms with van der Waals surface area (Å²) in [5, 5.41) is 3.55. The molecule has 3 rings (SSSR count). The van der Waals surface area contributed by atoms with E-state index in [2.05, 4.69) is 11.4 Å². The first-order chi connectivity index (χ1) is 11.7. The Morgan fingerprint density at radius 2 is 1.88 bits per heavy atom. The van der Waals surface area contributed by atoms with Crippen molar-refractivity contribution >= 4 is 28.2 Å². The Kier molecular flexibility index (Phi) is 5.02. The van der Waals surface area contributed by atoms with Gasteiger partial charge in [0, 0.05) is 11.8 Å². The molecule has 0 radical (unpaired) electrons. The van der Waals surface area contributed by atoms with Gasteiger partial charge in [0.2, 0.25) is 5.91 Å². The summed E-state index contributed by atoms with van der Waals surface area (Å²) in [5.41, 5.74) is 4.02. The minimum Gasteiger partial charge on any atom is -0.497 e. The highest BCUT2D eigenvalue weighted by Gasteiger charge is 2.15. The molecule has 0 heterocycles. The van der Waals surface area contributed by atoms with Gasteiger partial charge in [-0.15, -0.1) is 0 Å². The van der Waals surface area contributed by atoms with Crippen molar-refractivity contribution in [2.75, 3.05) is 12.4 Å². The Morgan fingerprint density at radius 3 is 2.62 bits per heavy atom. The molecule has 0 spiro atoms. The third-order valence-corrected chi connectivity index (χ3v) is 4.44. The Bertz CT molecular complexity index is 807. The molecule has 0 aliphatic heterocycles. The SMILES string of the molecule is COc1ccc(NC(=O)/C=C/C2=C(Cl)c3ccccc3CC2)cc1. The molecule has 122 valence electrons. The molecule has 24 heavy (non-hydrogen) atoms. The van der Waals surface area contributed by atoms with Gasteiger partial charge < -0.3 is 10.1 Å². The van der Waals surface area contributed by atoms with Crippen molar-refractivity contribution < 1.29 is 9.53 Å². The molecule has 0 atom stereocenters. The van der Waals surface area contributed by atoms with Crippen molar-refractivity contribution in [3.63, 3.8) is 0 Å². The van der Waals surface area contributed by atoms with Crippen LogP contribution in [-0.2, 0) is 11.2 Å². The van der Waals surface area contributed by atoms with Crippen LogP contribution >= 0.6 is 11.6 Å². The van der Waals surface area contributed by atoms with Gasteiger partial charge in [0.25, 0.3) is 0 Å². The summed E-state index contributed by atoms with van der Waals surface area (Å²) >= 11 is 6.47. The predicted molar refractivity (Wildman–Crippen MR) is 98.3 cm³/mol. The minimum absolute atomic E-state index is 0.184. The number of methoxy groups -OCH3 is 1. The number of rotatable bonds is 4. The fourth-order valence-electron chi connectivity index (χ4n) is 2.70. The van der Waals surface area contributed by atoms with Crippen molar-refractivity contribution in [3.05, 3.63) is 77.4 Å². The number of carbonyl (C=O) groups excluding carboxylic acids is 1. The first-order valence-electron chi connectivity index (χ1n) is 7.77. The van der Waals surface area contributed by atoms with E-state index in [1.807, 2.05) is 18.2 Å². The maximum atomic E-state index is 12.1. The summed E-state index contributed by atoms with van der Waals surface area (Å²) < 4.78 is 5.09. The van der Waals surface area contributed by atoms with Crippen LogP contribution in [0.4, 0.5) is 5.69 Å². The highest BCUT2D eigenvalue weighted by atomic mass is 35.5. The molecular weight excluding hydrogens is 322 g/mol. The van der Waals surface area contributed by atoms with Crippen LogP contribution < -0.4 is 10.1 Å². The van der Waals surface area contributed by atoms with Gasteiger partial charge in [-0.25, -0.2) is 0 Å². The van der Waals surface area contributed by atoms with Crippen LogP contribution in [-0.4, -0.2) is 13.0 Å². The smallest absolute Gasteiger partial charge is 0.248 e. The maximum Gasteiger partial charge on any atom is 0.248 e. The molecule has 2 aromatic rings. The lowest BCUT2D eigenvalue weighted by Crippen LogP contribution is -2.08. The predicted octanol–water partition coefficient (Wildman–Crippen LogP) is 4.79. The van der Waals surface area contributed by atoms with E-state index in [0.717, 1.165) is 40.4 Å². The topological polar surface area (TPSA) is 38.3 Å². The van der Waals surface area contributed by atoms with E-state index in [9.17, 15) is 4.79 Å². The van der Waals surface area contributed by atoms with Crippen LogP contribution in [0.2, 0.25) is 0 Å². The number of hydrogen-bond donors (Lipinski definition) is 1. The zero-order valence-corrected chi connectivity index (χ0v) is 14.1. The molecule has 1 amide bonds. The van der Waals surface area contributed by atoms with Crippen LogP contribution in [0.3, 0.4) is 0 Å². The average Bonchev–Trinajstić information content (AvgIpc) is 2.62. The third kappa shape index (κ3) is 3.69. The molecule has 4 heteroatoms. The fraction of sp³-hybridized carbons (Fsp3) is 0.150. The van der Waals surface area contributed by atoms with E-state index < -0.39 is 0 Å². The van der Waals surface area contributed by atoms with Gasteiger partial charge in [-0.1, -0.05) is 41.9 Å². The highest BCUT2D eigenvalue weighted by molar-refractivity contribution is 6.49. The number of benzene rings is 2. The van der Waals surface area contributed by atoms with Crippen LogP contribution in [0.15, 0.2) is 66.3 Å². The summed E-state index contributed by atoms with van der Waals surface area (Å²) in [6.45, 7) is 0. The first kappa shape index (κ1) is 16.3. The average molecular weight is 340 g/mol. The van der Waals surface area contributed by atoms with Gasteiger partial charge in [0.15, 0.2) is 0 Å². The summed E-state index contributed by atoms with van der Waals surface area (Å²) in [7, 11) is 1.61. The van der Waals surface area contributed by atoms with Crippen molar-refractivity contribution in [2.45, 2.75) is 12.8 Å². The Hall–Kier alpha value is -2.52. The first-order valence-corrected chi connectivity index (χ1v) is 8.15. The van der Waals surface area contributed by atoms with E-state index in [-0.39, 0.29) is 5.91 Å². The minimum atomic E-state index is -0.184. The van der Waals surface area contributed by atoms with Crippen molar-refractivity contribution in [3.8, 4) is 5.75 Å². The molecule has 1 N–H and O–H groups in total. The Balaban J connectivity index is 1.70. The largest absolute Gasteiger partial charge is 0.497 e. The fourth-order valence-corrected chi connectivity index (χ4v) is 3.04. The number of halogens is 1. The van der Waals surface area contributed by atoms with Gasteiger partial charge in [-0.3, -0.25) is 4.79 Å². The van der Waals surface area contributed by atoms with Crippen molar-refractivity contribution in [1.29, 1.82) is 0 Å². The number of anilines is 1. The second-order valence-corrected chi connectivity index (χ2v) is 5.93. The van der Waals surface area contributed by atoms with E-state index in [0.29, 0.717) is 0 Å². The number of nitrogens with one attached hydrogen (secondary N) is 1. The molecule has 0 unspecified atom stereocenters. The standard InChI is InChI=1S/C20H18ClNO2/c1-24-17-11-9-16(10-12-17)22-19(23)13-8-15-7-6-14-4-2-3-5-18(14)20(15)21/h2-5,8-13H,6-7H2,1H3,(H,22,23)/b13-8+. The van der Waals surface area contributed by atoms with Crippen LogP contribution in [0.25, 0.3) is 5.03 Å². The lowest BCUT2D eigenvalue weighted by Gasteiger charge is -2.17. The number of aryl methyl sites for hydroxylation is 1. The van der Waals surface area contributed by atoms with Gasteiger partial charge >= 0.3 is 0 Å². The highest BCUT2D eigenvalue weighted by Crippen LogP contribution is 2.34. The number of ether oxygens (including phenoxy) is 1. The van der Waals surface area contributed by atoms with Gasteiger partial charge in [-0.2, -0.15) is 0 Å². The quantitative estimate of drug-likeness (QED) is 0.813. The molecule has 3 nitrogen and oxygen atoms in total. The number of amides is 1. The molecule has 0 fully saturated rings. The molecule has 0 bridgehead atoms. The Morgan fingerprint density at radius 1 is 1.12 bits per heavy atom. The van der Waals surface area contributed by atoms with Crippen molar-refractivity contribution in [1.82, 2.24) is 0 Å². The zero-order valence-electron chi connectivity index (χ0n) is 13.4. The Labute approximate surface area is 146 Å². The van der Waals surface area contributed by atoms with Crippen LogP contribution in [0, 0.1) is 0 Å². The summed E-state index contributed by atoms with van der Waals surface area (Å²) in [4.78, 5) is 12.1. The van der Waals surface area contributed by atoms with Crippen LogP contribution in [0.1, 0.15) is 17.5 Å². The molecular formula is C20H18ClNO2. The molecule has 2 aromatic carbocycles. The molecule has 0 saturated heterocycles. The number of hydrogen-bond acceptors (Lipinski definition) is 2. The summed E-state index contributed by atoms with van der Waals surface area (Å²) in [6.07, 6.45) is 5.10. The molecule has 1 aliphatic carbocycles. The maximum absolute atomic E-state index is 12.1. The second kappa shape index (κ2) is 7.37. The van der Waals surface area contributed by atoms with Crippen LogP contribution in [0.5, 0.6) is 5.75 Å². The lowest BCUT2D eigenvalue weighted by molar-refractivity contribution is -0.111. The summed E-state index contributed by atoms with van der Waals surface area (Å²) in [6, 6.07) is 15.3. The molecule has 0 saturated carbocycles. The zero-order chi connectivity index (χ0) is 16.9. The van der Waals surface area contributed by atoms with E-state index in [1.165, 1.54) is 11.6 Å². The van der Waals surface area contributed by atoms with Gasteiger partial charge in [-0.05, 0) is 53.8 Å². The van der Waals surface area contributed by atoms with E-state index >= 15 is 0 Å². The number of fused-ring (bicyclic) bond motifs is 1.